The summed E-state index contributed by atoms with van der Waals surface area (Å²) < 4.78 is 7.53. The molecule has 1 aromatic carbocycles. The normalized spacial score (nSPS) is 11.1. The third-order valence-electron chi connectivity index (χ3n) is 5.09. The molecule has 2 aromatic heterocycles. The number of ether oxygens (including phenoxy) is 1. The first-order valence-electron chi connectivity index (χ1n) is 9.36. The average Bonchev–Trinajstić information content (AvgIpc) is 3.04. The third kappa shape index (κ3) is 4.12. The summed E-state index contributed by atoms with van der Waals surface area (Å²) in [7, 11) is 3.26. The molecule has 0 fully saturated rings. The lowest BCUT2D eigenvalue weighted by molar-refractivity contribution is -0.120. The van der Waals surface area contributed by atoms with Crippen molar-refractivity contribution in [2.45, 2.75) is 39.7 Å². The van der Waals surface area contributed by atoms with Crippen molar-refractivity contribution >= 4 is 34.4 Å². The van der Waals surface area contributed by atoms with Crippen molar-refractivity contribution in [3.05, 3.63) is 39.8 Å². The first-order chi connectivity index (χ1) is 13.9. The zero-order valence-electron chi connectivity index (χ0n) is 17.0. The van der Waals surface area contributed by atoms with E-state index in [1.165, 1.54) is 6.33 Å². The highest BCUT2D eigenvalue weighted by Gasteiger charge is 2.18. The van der Waals surface area contributed by atoms with Gasteiger partial charge in [-0.1, -0.05) is 11.6 Å². The summed E-state index contributed by atoms with van der Waals surface area (Å²) in [5, 5.41) is 8.63. The molecule has 3 N–H and O–H groups in total. The molecule has 0 aliphatic carbocycles. The molecule has 3 rings (SSSR count). The molecule has 0 aliphatic rings. The minimum Gasteiger partial charge on any atom is -0.496 e. The van der Waals surface area contributed by atoms with Gasteiger partial charge >= 0.3 is 0 Å². The van der Waals surface area contributed by atoms with Crippen LogP contribution in [0, 0.1) is 13.8 Å². The first kappa shape index (κ1) is 20.9. The van der Waals surface area contributed by atoms with Crippen LogP contribution in [-0.4, -0.2) is 39.8 Å². The standard InChI is InChI=1S/C20H25ClN6O2/c1-11-14(5-6-16(28)23-3)18(29-4)13(9-15(11)21)7-8-27-20-17(12(2)26-27)19(22)24-10-25-20/h9-10H,5-8H2,1-4H3,(H,23,28)(H2,22,24,25). The number of amides is 1. The molecular weight excluding hydrogens is 392 g/mol. The number of methoxy groups -OCH3 is 1. The van der Waals surface area contributed by atoms with Gasteiger partial charge < -0.3 is 15.8 Å². The summed E-state index contributed by atoms with van der Waals surface area (Å²) in [6.07, 6.45) is 2.99. The second-order valence-electron chi connectivity index (χ2n) is 6.84. The topological polar surface area (TPSA) is 108 Å². The zero-order chi connectivity index (χ0) is 21.1. The number of benzene rings is 1. The Kier molecular flexibility index (Phi) is 6.22. The van der Waals surface area contributed by atoms with E-state index in [1.807, 2.05) is 24.6 Å². The number of nitrogens with one attached hydrogen (secondary N) is 1. The minimum atomic E-state index is -0.0243. The maximum Gasteiger partial charge on any atom is 0.220 e. The molecule has 0 aliphatic heterocycles. The van der Waals surface area contributed by atoms with Crippen LogP contribution in [0.25, 0.3) is 11.0 Å². The molecule has 1 amide bonds. The Morgan fingerprint density at radius 3 is 2.76 bits per heavy atom. The molecule has 9 heteroatoms. The molecule has 0 atom stereocenters. The smallest absolute Gasteiger partial charge is 0.220 e. The van der Waals surface area contributed by atoms with Gasteiger partial charge in [-0.05, 0) is 49.4 Å². The number of carbonyl (C=O) groups is 1. The Morgan fingerprint density at radius 2 is 2.07 bits per heavy atom. The van der Waals surface area contributed by atoms with Crippen molar-refractivity contribution in [1.82, 2.24) is 25.1 Å². The van der Waals surface area contributed by atoms with Crippen LogP contribution in [0.1, 0.15) is 28.8 Å². The van der Waals surface area contributed by atoms with Gasteiger partial charge in [-0.15, -0.1) is 0 Å². The van der Waals surface area contributed by atoms with Crippen LogP contribution in [0.3, 0.4) is 0 Å². The number of fused-ring (bicyclic) bond motifs is 1. The van der Waals surface area contributed by atoms with Gasteiger partial charge in [0.1, 0.15) is 17.9 Å². The van der Waals surface area contributed by atoms with Crippen LogP contribution < -0.4 is 15.8 Å². The molecule has 8 nitrogen and oxygen atoms in total. The van der Waals surface area contributed by atoms with Crippen LogP contribution >= 0.6 is 11.6 Å². The first-order valence-corrected chi connectivity index (χ1v) is 9.74. The Hall–Kier alpha value is -2.87. The highest BCUT2D eigenvalue weighted by Crippen LogP contribution is 2.34. The molecule has 3 aromatic rings. The number of rotatable bonds is 7. The number of nitrogens with two attached hydrogens (primary N) is 1. The second kappa shape index (κ2) is 8.65. The quantitative estimate of drug-likeness (QED) is 0.612. The van der Waals surface area contributed by atoms with Gasteiger partial charge in [0.2, 0.25) is 5.91 Å². The summed E-state index contributed by atoms with van der Waals surface area (Å²) in [5.41, 5.74) is 10.3. The van der Waals surface area contributed by atoms with Crippen LogP contribution in [0.2, 0.25) is 5.02 Å². The number of carbonyl (C=O) groups excluding carboxylic acids is 1. The molecule has 0 radical (unpaired) electrons. The predicted octanol–water partition coefficient (Wildman–Crippen LogP) is 2.61. The minimum absolute atomic E-state index is 0.0243. The fourth-order valence-corrected chi connectivity index (χ4v) is 3.78. The monoisotopic (exact) mass is 416 g/mol. The van der Waals surface area contributed by atoms with E-state index in [-0.39, 0.29) is 5.91 Å². The highest BCUT2D eigenvalue weighted by atomic mass is 35.5. The van der Waals surface area contributed by atoms with E-state index in [0.717, 1.165) is 33.5 Å². The van der Waals surface area contributed by atoms with E-state index in [0.29, 0.717) is 42.3 Å². The molecule has 0 unspecified atom stereocenters. The SMILES string of the molecule is CNC(=O)CCc1c(C)c(Cl)cc(CCn2nc(C)c3c(N)ncnc32)c1OC. The molecule has 0 saturated heterocycles. The maximum atomic E-state index is 11.7. The summed E-state index contributed by atoms with van der Waals surface area (Å²) in [6, 6.07) is 1.92. The lowest BCUT2D eigenvalue weighted by atomic mass is 9.97. The summed E-state index contributed by atoms with van der Waals surface area (Å²) in [6.45, 7) is 4.40. The van der Waals surface area contributed by atoms with Crippen molar-refractivity contribution < 1.29 is 9.53 Å². The molecule has 0 spiro atoms. The number of hydrogen-bond donors (Lipinski definition) is 2. The highest BCUT2D eigenvalue weighted by molar-refractivity contribution is 6.31. The van der Waals surface area contributed by atoms with E-state index < -0.39 is 0 Å². The largest absolute Gasteiger partial charge is 0.496 e. The number of nitrogen functional groups attached to an aromatic ring is 1. The van der Waals surface area contributed by atoms with Crippen LogP contribution in [0.5, 0.6) is 5.75 Å². The van der Waals surface area contributed by atoms with E-state index >= 15 is 0 Å². The van der Waals surface area contributed by atoms with Crippen molar-refractivity contribution in [2.24, 2.45) is 0 Å². The van der Waals surface area contributed by atoms with Gasteiger partial charge in [0, 0.05) is 25.0 Å². The number of hydrogen-bond acceptors (Lipinski definition) is 6. The van der Waals surface area contributed by atoms with Gasteiger partial charge in [0.25, 0.3) is 0 Å². The van der Waals surface area contributed by atoms with Crippen LogP contribution in [0.4, 0.5) is 5.82 Å². The lowest BCUT2D eigenvalue weighted by Gasteiger charge is -2.18. The lowest BCUT2D eigenvalue weighted by Crippen LogP contribution is -2.18. The molecule has 2 heterocycles. The molecule has 29 heavy (non-hydrogen) atoms. The Morgan fingerprint density at radius 1 is 1.31 bits per heavy atom. The molecular formula is C20H25ClN6O2. The Labute approximate surface area is 174 Å². The third-order valence-corrected chi connectivity index (χ3v) is 5.48. The second-order valence-corrected chi connectivity index (χ2v) is 7.25. The molecule has 0 bridgehead atoms. The van der Waals surface area contributed by atoms with Gasteiger partial charge in [-0.2, -0.15) is 5.10 Å². The van der Waals surface area contributed by atoms with Gasteiger partial charge in [0.05, 0.1) is 18.2 Å². The summed E-state index contributed by atoms with van der Waals surface area (Å²) in [5.74, 6) is 1.16. The number of halogens is 1. The van der Waals surface area contributed by atoms with Gasteiger partial charge in [-0.3, -0.25) is 4.79 Å². The van der Waals surface area contributed by atoms with Crippen molar-refractivity contribution in [2.75, 3.05) is 19.9 Å². The predicted molar refractivity (Wildman–Crippen MR) is 113 cm³/mol. The zero-order valence-corrected chi connectivity index (χ0v) is 17.8. The Balaban J connectivity index is 1.92. The maximum absolute atomic E-state index is 11.7. The Bertz CT molecular complexity index is 1060. The molecule has 0 saturated carbocycles. The number of aromatic nitrogens is 4. The van der Waals surface area contributed by atoms with E-state index in [1.54, 1.807) is 14.2 Å². The van der Waals surface area contributed by atoms with Crippen molar-refractivity contribution in [3.8, 4) is 5.75 Å². The van der Waals surface area contributed by atoms with E-state index in [2.05, 4.69) is 20.4 Å². The number of nitrogens with zero attached hydrogens (tertiary/aromatic N) is 4. The molecule has 154 valence electrons. The fourth-order valence-electron chi connectivity index (χ4n) is 3.53. The summed E-state index contributed by atoms with van der Waals surface area (Å²) >= 11 is 6.48. The van der Waals surface area contributed by atoms with Gasteiger partial charge in [-0.25, -0.2) is 14.6 Å². The van der Waals surface area contributed by atoms with E-state index in [9.17, 15) is 4.79 Å². The van der Waals surface area contributed by atoms with Gasteiger partial charge in [0.15, 0.2) is 5.65 Å². The number of aryl methyl sites for hydroxylation is 3. The van der Waals surface area contributed by atoms with E-state index in [4.69, 9.17) is 22.1 Å². The van der Waals surface area contributed by atoms with Crippen molar-refractivity contribution in [1.29, 1.82) is 0 Å². The van der Waals surface area contributed by atoms with Crippen LogP contribution in [-0.2, 0) is 24.2 Å². The van der Waals surface area contributed by atoms with Crippen LogP contribution in [0.15, 0.2) is 12.4 Å². The fraction of sp³-hybridized carbons (Fsp3) is 0.400. The average molecular weight is 417 g/mol. The summed E-state index contributed by atoms with van der Waals surface area (Å²) in [4.78, 5) is 20.1. The van der Waals surface area contributed by atoms with Crippen molar-refractivity contribution in [3.63, 3.8) is 0 Å². The number of anilines is 1.